The van der Waals surface area contributed by atoms with Gasteiger partial charge in [0.1, 0.15) is 0 Å². The zero-order chi connectivity index (χ0) is 17.8. The van der Waals surface area contributed by atoms with Crippen molar-refractivity contribution < 1.29 is 4.79 Å². The van der Waals surface area contributed by atoms with Gasteiger partial charge >= 0.3 is 0 Å². The molecule has 0 radical (unpaired) electrons. The van der Waals surface area contributed by atoms with Crippen molar-refractivity contribution in [1.82, 2.24) is 20.0 Å². The summed E-state index contributed by atoms with van der Waals surface area (Å²) in [5.74, 6) is 0.537. The van der Waals surface area contributed by atoms with Crippen LogP contribution >= 0.6 is 0 Å². The maximum atomic E-state index is 12.4. The van der Waals surface area contributed by atoms with E-state index in [-0.39, 0.29) is 5.91 Å². The molecular weight excluding hydrogens is 312 g/mol. The van der Waals surface area contributed by atoms with Crippen molar-refractivity contribution in [3.63, 3.8) is 0 Å². The first-order valence-electron chi connectivity index (χ1n) is 8.79. The normalized spacial score (nSPS) is 17.6. The monoisotopic (exact) mass is 338 g/mol. The van der Waals surface area contributed by atoms with Crippen LogP contribution in [-0.2, 0) is 6.54 Å². The van der Waals surface area contributed by atoms with Crippen molar-refractivity contribution in [2.45, 2.75) is 26.8 Å². The highest BCUT2D eigenvalue weighted by atomic mass is 16.1. The smallest absolute Gasteiger partial charge is 0.251 e. The first-order chi connectivity index (χ1) is 12.1. The minimum Gasteiger partial charge on any atom is -0.352 e. The Kier molecular flexibility index (Phi) is 5.34. The van der Waals surface area contributed by atoms with Gasteiger partial charge in [-0.1, -0.05) is 18.7 Å². The Morgan fingerprint density at radius 1 is 1.44 bits per heavy atom. The fourth-order valence-corrected chi connectivity index (χ4v) is 3.37. The largest absolute Gasteiger partial charge is 0.352 e. The third-order valence-electron chi connectivity index (χ3n) is 5.02. The minimum absolute atomic E-state index is 0.0342. The Hall–Kier alpha value is -2.40. The Labute approximate surface area is 149 Å². The van der Waals surface area contributed by atoms with Gasteiger partial charge in [0.2, 0.25) is 0 Å². The highest BCUT2D eigenvalue weighted by Gasteiger charge is 2.23. The molecule has 132 valence electrons. The molecule has 1 fully saturated rings. The third kappa shape index (κ3) is 4.17. The molecule has 2 heterocycles. The lowest BCUT2D eigenvalue weighted by Crippen LogP contribution is -2.31. The van der Waals surface area contributed by atoms with Gasteiger partial charge in [0.15, 0.2) is 0 Å². The number of aromatic nitrogens is 2. The van der Waals surface area contributed by atoms with E-state index in [4.69, 9.17) is 0 Å². The molecule has 5 nitrogen and oxygen atoms in total. The summed E-state index contributed by atoms with van der Waals surface area (Å²) in [6.07, 6.45) is 6.70. The van der Waals surface area contributed by atoms with Gasteiger partial charge in [-0.05, 0) is 49.9 Å². The molecule has 3 rings (SSSR count). The van der Waals surface area contributed by atoms with Crippen LogP contribution in [0.5, 0.6) is 0 Å². The van der Waals surface area contributed by atoms with E-state index >= 15 is 0 Å². The van der Waals surface area contributed by atoms with Crippen LogP contribution in [0.25, 0.3) is 6.20 Å². The van der Waals surface area contributed by atoms with Gasteiger partial charge in [0, 0.05) is 43.2 Å². The Morgan fingerprint density at radius 3 is 3.04 bits per heavy atom. The molecule has 1 aliphatic rings. The van der Waals surface area contributed by atoms with E-state index in [9.17, 15) is 4.79 Å². The molecule has 0 saturated carbocycles. The zero-order valence-electron chi connectivity index (χ0n) is 15.0. The fraction of sp³-hybridized carbons (Fsp3) is 0.400. The molecule has 1 unspecified atom stereocenters. The van der Waals surface area contributed by atoms with Gasteiger partial charge in [-0.25, -0.2) is 4.68 Å². The van der Waals surface area contributed by atoms with Crippen LogP contribution in [0, 0.1) is 19.8 Å². The standard InChI is InChI=1S/C20H26N4O/c1-4-24-14-18(11-22-24)13-23-9-8-17(12-23)10-21-20(25)19-7-5-6-15(2)16(19)3/h4-7,11,14,17H,1,8-10,12-13H2,2-3H3,(H,21,25). The van der Waals surface area contributed by atoms with Crippen LogP contribution in [0.2, 0.25) is 0 Å². The van der Waals surface area contributed by atoms with Gasteiger partial charge < -0.3 is 5.32 Å². The molecule has 5 heteroatoms. The van der Waals surface area contributed by atoms with E-state index in [1.54, 1.807) is 10.9 Å². The van der Waals surface area contributed by atoms with Crippen molar-refractivity contribution in [3.05, 3.63) is 59.4 Å². The molecule has 25 heavy (non-hydrogen) atoms. The molecule has 2 aromatic rings. The number of aryl methyl sites for hydroxylation is 1. The summed E-state index contributed by atoms with van der Waals surface area (Å²) < 4.78 is 1.73. The number of amides is 1. The van der Waals surface area contributed by atoms with E-state index < -0.39 is 0 Å². The average molecular weight is 338 g/mol. The number of hydrogen-bond donors (Lipinski definition) is 1. The summed E-state index contributed by atoms with van der Waals surface area (Å²) >= 11 is 0. The Balaban J connectivity index is 1.49. The second kappa shape index (κ2) is 7.66. The third-order valence-corrected chi connectivity index (χ3v) is 5.02. The molecule has 1 aromatic carbocycles. The average Bonchev–Trinajstić information content (AvgIpc) is 3.25. The van der Waals surface area contributed by atoms with E-state index in [0.717, 1.165) is 49.3 Å². The lowest BCUT2D eigenvalue weighted by Gasteiger charge is -2.16. The first kappa shape index (κ1) is 17.4. The molecule has 1 aliphatic heterocycles. The maximum absolute atomic E-state index is 12.4. The summed E-state index contributed by atoms with van der Waals surface area (Å²) in [6, 6.07) is 5.88. The van der Waals surface area contributed by atoms with Crippen molar-refractivity contribution >= 4 is 12.1 Å². The summed E-state index contributed by atoms with van der Waals surface area (Å²) in [7, 11) is 0. The van der Waals surface area contributed by atoms with Crippen LogP contribution in [-0.4, -0.2) is 40.2 Å². The van der Waals surface area contributed by atoms with E-state index in [2.05, 4.69) is 21.9 Å². The highest BCUT2D eigenvalue weighted by molar-refractivity contribution is 5.95. The predicted octanol–water partition coefficient (Wildman–Crippen LogP) is 2.85. The molecule has 1 saturated heterocycles. The Morgan fingerprint density at radius 2 is 2.28 bits per heavy atom. The quantitative estimate of drug-likeness (QED) is 0.881. The van der Waals surface area contributed by atoms with Crippen LogP contribution in [0.3, 0.4) is 0 Å². The molecule has 1 aromatic heterocycles. The molecular formula is C20H26N4O. The second-order valence-electron chi connectivity index (χ2n) is 6.86. The maximum Gasteiger partial charge on any atom is 0.251 e. The van der Waals surface area contributed by atoms with Crippen molar-refractivity contribution in [2.75, 3.05) is 19.6 Å². The molecule has 0 bridgehead atoms. The van der Waals surface area contributed by atoms with E-state index in [1.165, 1.54) is 5.56 Å². The highest BCUT2D eigenvalue weighted by Crippen LogP contribution is 2.18. The fourth-order valence-electron chi connectivity index (χ4n) is 3.37. The Bertz CT molecular complexity index is 765. The van der Waals surface area contributed by atoms with Gasteiger partial charge in [-0.15, -0.1) is 0 Å². The summed E-state index contributed by atoms with van der Waals surface area (Å²) in [5, 5.41) is 7.33. The van der Waals surface area contributed by atoms with Gasteiger partial charge in [0.05, 0.1) is 6.20 Å². The zero-order valence-corrected chi connectivity index (χ0v) is 15.0. The number of nitrogens with zero attached hydrogens (tertiary/aromatic N) is 3. The van der Waals surface area contributed by atoms with Crippen molar-refractivity contribution in [3.8, 4) is 0 Å². The molecule has 0 aliphatic carbocycles. The summed E-state index contributed by atoms with van der Waals surface area (Å²) in [5.41, 5.74) is 4.19. The second-order valence-corrected chi connectivity index (χ2v) is 6.86. The number of likely N-dealkylation sites (tertiary alicyclic amines) is 1. The van der Waals surface area contributed by atoms with Crippen LogP contribution in [0.15, 0.2) is 37.2 Å². The van der Waals surface area contributed by atoms with Crippen molar-refractivity contribution in [1.29, 1.82) is 0 Å². The number of hydrogen-bond acceptors (Lipinski definition) is 3. The summed E-state index contributed by atoms with van der Waals surface area (Å²) in [6.45, 7) is 11.4. The number of benzene rings is 1. The molecule has 1 N–H and O–H groups in total. The first-order valence-corrected chi connectivity index (χ1v) is 8.79. The topological polar surface area (TPSA) is 50.2 Å². The van der Waals surface area contributed by atoms with Gasteiger partial charge in [-0.2, -0.15) is 5.10 Å². The predicted molar refractivity (Wildman–Crippen MR) is 100 cm³/mol. The van der Waals surface area contributed by atoms with E-state index in [0.29, 0.717) is 5.92 Å². The van der Waals surface area contributed by atoms with Gasteiger partial charge in [0.25, 0.3) is 5.91 Å². The SMILES string of the molecule is C=Cn1cc(CN2CCC(CNC(=O)c3cccc(C)c3C)C2)cn1. The minimum atomic E-state index is 0.0342. The summed E-state index contributed by atoms with van der Waals surface area (Å²) in [4.78, 5) is 14.9. The lowest BCUT2D eigenvalue weighted by atomic mass is 10.0. The molecule has 1 atom stereocenters. The van der Waals surface area contributed by atoms with Crippen LogP contribution < -0.4 is 5.32 Å². The van der Waals surface area contributed by atoms with Gasteiger partial charge in [-0.3, -0.25) is 9.69 Å². The van der Waals surface area contributed by atoms with Crippen LogP contribution in [0.1, 0.15) is 33.5 Å². The van der Waals surface area contributed by atoms with Crippen LogP contribution in [0.4, 0.5) is 0 Å². The number of nitrogens with one attached hydrogen (secondary N) is 1. The molecule has 0 spiro atoms. The lowest BCUT2D eigenvalue weighted by molar-refractivity contribution is 0.0946. The van der Waals surface area contributed by atoms with E-state index in [1.807, 2.05) is 44.4 Å². The molecule has 1 amide bonds. The number of carbonyl (C=O) groups excluding carboxylic acids is 1. The number of rotatable bonds is 6. The van der Waals surface area contributed by atoms with Crippen molar-refractivity contribution in [2.24, 2.45) is 5.92 Å². The number of carbonyl (C=O) groups is 1.